The van der Waals surface area contributed by atoms with Crippen LogP contribution in [0.15, 0.2) is 30.3 Å². The first-order valence-electron chi connectivity index (χ1n) is 5.22. The Morgan fingerprint density at radius 3 is 2.50 bits per heavy atom. The van der Waals surface area contributed by atoms with Crippen molar-refractivity contribution in [1.82, 2.24) is 9.69 Å². The Labute approximate surface area is 119 Å². The molecule has 0 aliphatic carbocycles. The minimum atomic E-state index is -0.375. The number of nitrogens with one attached hydrogen (secondary N) is 1. The van der Waals surface area contributed by atoms with Crippen LogP contribution >= 0.6 is 34.7 Å². The van der Waals surface area contributed by atoms with Crippen molar-refractivity contribution in [3.63, 3.8) is 0 Å². The van der Waals surface area contributed by atoms with Crippen molar-refractivity contribution in [2.45, 2.75) is 13.0 Å². The second kappa shape index (κ2) is 5.69. The maximum Gasteiger partial charge on any atom is 0.217 e. The lowest BCUT2D eigenvalue weighted by Gasteiger charge is -2.16. The summed E-state index contributed by atoms with van der Waals surface area (Å²) < 4.78 is 4.64. The summed E-state index contributed by atoms with van der Waals surface area (Å²) in [7, 11) is 0. The summed E-state index contributed by atoms with van der Waals surface area (Å²) in [5.41, 5.74) is 1.49. The van der Waals surface area contributed by atoms with Gasteiger partial charge in [0.2, 0.25) is 5.91 Å². The van der Waals surface area contributed by atoms with Crippen LogP contribution in [0.2, 0.25) is 9.36 Å². The molecule has 3 nitrogen and oxygen atoms in total. The SMILES string of the molecule is CC(=O)NC(c1ccccc1)c1nsc(Cl)c1Cl. The predicted molar refractivity (Wildman–Crippen MR) is 74.2 cm³/mol. The molecule has 0 saturated heterocycles. The summed E-state index contributed by atoms with van der Waals surface area (Å²) >= 11 is 13.1. The fourth-order valence-electron chi connectivity index (χ4n) is 1.61. The normalized spacial score (nSPS) is 12.2. The number of hydrogen-bond acceptors (Lipinski definition) is 3. The molecule has 1 aromatic carbocycles. The number of nitrogens with zero attached hydrogens (tertiary/aromatic N) is 1. The Balaban J connectivity index is 2.43. The number of rotatable bonds is 3. The van der Waals surface area contributed by atoms with E-state index >= 15 is 0 Å². The van der Waals surface area contributed by atoms with Crippen molar-refractivity contribution in [1.29, 1.82) is 0 Å². The third-order valence-electron chi connectivity index (χ3n) is 2.38. The van der Waals surface area contributed by atoms with Crippen LogP contribution in [0.3, 0.4) is 0 Å². The van der Waals surface area contributed by atoms with Crippen LogP contribution < -0.4 is 5.32 Å². The van der Waals surface area contributed by atoms with Crippen LogP contribution in [-0.2, 0) is 4.79 Å². The number of hydrogen-bond donors (Lipinski definition) is 1. The molecule has 18 heavy (non-hydrogen) atoms. The van der Waals surface area contributed by atoms with E-state index < -0.39 is 0 Å². The first-order valence-corrected chi connectivity index (χ1v) is 6.75. The Morgan fingerprint density at radius 1 is 1.33 bits per heavy atom. The van der Waals surface area contributed by atoms with Gasteiger partial charge in [0.25, 0.3) is 0 Å². The molecule has 2 rings (SSSR count). The van der Waals surface area contributed by atoms with E-state index in [9.17, 15) is 4.79 Å². The van der Waals surface area contributed by atoms with E-state index in [2.05, 4.69) is 9.69 Å². The molecule has 1 unspecified atom stereocenters. The van der Waals surface area contributed by atoms with Crippen molar-refractivity contribution in [3.05, 3.63) is 50.9 Å². The first-order chi connectivity index (χ1) is 8.59. The molecule has 0 radical (unpaired) electrons. The van der Waals surface area contributed by atoms with Gasteiger partial charge in [-0.15, -0.1) is 0 Å². The van der Waals surface area contributed by atoms with Gasteiger partial charge < -0.3 is 5.32 Å². The number of carbonyl (C=O) groups is 1. The number of amides is 1. The van der Waals surface area contributed by atoms with Gasteiger partial charge in [-0.2, -0.15) is 4.37 Å². The molecular formula is C12H10Cl2N2OS. The van der Waals surface area contributed by atoms with Crippen LogP contribution in [0.4, 0.5) is 0 Å². The van der Waals surface area contributed by atoms with Crippen molar-refractivity contribution in [3.8, 4) is 0 Å². The van der Waals surface area contributed by atoms with E-state index in [0.29, 0.717) is 15.1 Å². The van der Waals surface area contributed by atoms with E-state index in [1.54, 1.807) is 0 Å². The molecule has 2 aromatic rings. The summed E-state index contributed by atoms with van der Waals surface area (Å²) in [6.07, 6.45) is 0. The Hall–Kier alpha value is -1.10. The van der Waals surface area contributed by atoms with Crippen molar-refractivity contribution >= 4 is 40.6 Å². The maximum absolute atomic E-state index is 11.3. The summed E-state index contributed by atoms with van der Waals surface area (Å²) in [6, 6.07) is 9.14. The van der Waals surface area contributed by atoms with Gasteiger partial charge in [-0.1, -0.05) is 53.5 Å². The van der Waals surface area contributed by atoms with Crippen molar-refractivity contribution in [2.75, 3.05) is 0 Å². The molecule has 1 N–H and O–H groups in total. The first kappa shape index (κ1) is 13.3. The monoisotopic (exact) mass is 300 g/mol. The largest absolute Gasteiger partial charge is 0.344 e. The Kier molecular flexibility index (Phi) is 4.22. The standard InChI is InChI=1S/C12H10Cl2N2OS/c1-7(17)15-10(8-5-3-2-4-6-8)11-9(13)12(14)18-16-11/h2-6,10H,1H3,(H,15,17). The molecule has 0 fully saturated rings. The van der Waals surface area contributed by atoms with E-state index in [1.165, 1.54) is 6.92 Å². The zero-order valence-corrected chi connectivity index (χ0v) is 11.8. The van der Waals surface area contributed by atoms with Gasteiger partial charge in [0, 0.05) is 6.92 Å². The predicted octanol–water partition coefficient (Wildman–Crippen LogP) is 3.68. The number of aromatic nitrogens is 1. The summed E-state index contributed by atoms with van der Waals surface area (Å²) in [5, 5.41) is 3.22. The molecule has 1 heterocycles. The lowest BCUT2D eigenvalue weighted by molar-refractivity contribution is -0.119. The van der Waals surface area contributed by atoms with Gasteiger partial charge in [-0.3, -0.25) is 4.79 Å². The second-order valence-electron chi connectivity index (χ2n) is 3.70. The fourth-order valence-corrected chi connectivity index (χ4v) is 2.67. The van der Waals surface area contributed by atoms with Gasteiger partial charge in [0.05, 0.1) is 11.1 Å². The maximum atomic E-state index is 11.3. The molecule has 0 aliphatic rings. The van der Waals surface area contributed by atoms with Crippen LogP contribution in [0.5, 0.6) is 0 Å². The van der Waals surface area contributed by atoms with Gasteiger partial charge in [-0.05, 0) is 17.1 Å². The molecule has 6 heteroatoms. The zero-order valence-electron chi connectivity index (χ0n) is 9.48. The van der Waals surface area contributed by atoms with Crippen molar-refractivity contribution in [2.24, 2.45) is 0 Å². The van der Waals surface area contributed by atoms with Crippen LogP contribution in [0.1, 0.15) is 24.2 Å². The van der Waals surface area contributed by atoms with E-state index in [-0.39, 0.29) is 11.9 Å². The molecule has 0 bridgehead atoms. The molecule has 1 amide bonds. The number of carbonyl (C=O) groups excluding carboxylic acids is 1. The topological polar surface area (TPSA) is 42.0 Å². The number of benzene rings is 1. The molecule has 94 valence electrons. The molecular weight excluding hydrogens is 291 g/mol. The smallest absolute Gasteiger partial charge is 0.217 e. The van der Waals surface area contributed by atoms with Crippen LogP contribution in [0, 0.1) is 0 Å². The van der Waals surface area contributed by atoms with Gasteiger partial charge >= 0.3 is 0 Å². The van der Waals surface area contributed by atoms with Gasteiger partial charge in [-0.25, -0.2) is 0 Å². The molecule has 1 atom stereocenters. The van der Waals surface area contributed by atoms with Gasteiger partial charge in [0.15, 0.2) is 0 Å². The lowest BCUT2D eigenvalue weighted by Crippen LogP contribution is -2.27. The van der Waals surface area contributed by atoms with Crippen LogP contribution in [0.25, 0.3) is 0 Å². The molecule has 0 saturated carbocycles. The highest BCUT2D eigenvalue weighted by Gasteiger charge is 2.22. The third-order valence-corrected chi connectivity index (χ3v) is 4.02. The van der Waals surface area contributed by atoms with Crippen LogP contribution in [-0.4, -0.2) is 10.3 Å². The molecule has 1 aromatic heterocycles. The average Bonchev–Trinajstić information content (AvgIpc) is 2.68. The number of halogens is 2. The zero-order chi connectivity index (χ0) is 13.1. The fraction of sp³-hybridized carbons (Fsp3) is 0.167. The van der Waals surface area contributed by atoms with E-state index in [1.807, 2.05) is 30.3 Å². The Morgan fingerprint density at radius 2 is 2.00 bits per heavy atom. The summed E-state index contributed by atoms with van der Waals surface area (Å²) in [5.74, 6) is -0.149. The quantitative estimate of drug-likeness (QED) is 0.939. The molecule has 0 spiro atoms. The summed E-state index contributed by atoms with van der Waals surface area (Å²) in [6.45, 7) is 1.46. The highest BCUT2D eigenvalue weighted by atomic mass is 35.5. The highest BCUT2D eigenvalue weighted by Crippen LogP contribution is 2.35. The van der Waals surface area contributed by atoms with Gasteiger partial charge in [0.1, 0.15) is 10.0 Å². The summed E-state index contributed by atoms with van der Waals surface area (Å²) in [4.78, 5) is 11.3. The van der Waals surface area contributed by atoms with E-state index in [4.69, 9.17) is 23.2 Å². The van der Waals surface area contributed by atoms with E-state index in [0.717, 1.165) is 17.1 Å². The minimum Gasteiger partial charge on any atom is -0.344 e. The third kappa shape index (κ3) is 2.83. The molecule has 0 aliphatic heterocycles. The minimum absolute atomic E-state index is 0.149. The second-order valence-corrected chi connectivity index (χ2v) is 5.45. The van der Waals surface area contributed by atoms with Crippen molar-refractivity contribution < 1.29 is 4.79 Å². The Bertz CT molecular complexity index is 556. The average molecular weight is 301 g/mol. The highest BCUT2D eigenvalue weighted by molar-refractivity contribution is 7.11. The lowest BCUT2D eigenvalue weighted by atomic mass is 10.0.